The molecule has 2 heterocycles. The highest BCUT2D eigenvalue weighted by molar-refractivity contribution is 5.77. The molecule has 1 atom stereocenters. The lowest BCUT2D eigenvalue weighted by molar-refractivity contribution is -0.136. The van der Waals surface area contributed by atoms with E-state index < -0.39 is 0 Å². The number of nitrogens with zero attached hydrogens (tertiary/aromatic N) is 1. The second kappa shape index (κ2) is 6.18. The summed E-state index contributed by atoms with van der Waals surface area (Å²) < 4.78 is 5.42. The van der Waals surface area contributed by atoms with E-state index in [1.54, 1.807) is 0 Å². The summed E-state index contributed by atoms with van der Waals surface area (Å²) in [4.78, 5) is 14.4. The van der Waals surface area contributed by atoms with Crippen molar-refractivity contribution in [1.29, 1.82) is 0 Å². The smallest absolute Gasteiger partial charge is 0.222 e. The molecule has 1 amide bonds. The lowest BCUT2D eigenvalue weighted by atomic mass is 9.75. The summed E-state index contributed by atoms with van der Waals surface area (Å²) in [5.74, 6) is 0.940. The zero-order valence-electron chi connectivity index (χ0n) is 12.9. The SMILES string of the molecule is C[C@@]1(c2ccccc2)CCC(=O)N(CC2CCOCC2)C1. The van der Waals surface area contributed by atoms with Gasteiger partial charge in [0.25, 0.3) is 0 Å². The maximum atomic E-state index is 12.3. The minimum absolute atomic E-state index is 0.0976. The van der Waals surface area contributed by atoms with E-state index in [1.165, 1.54) is 5.56 Å². The van der Waals surface area contributed by atoms with E-state index in [0.717, 1.165) is 45.6 Å². The van der Waals surface area contributed by atoms with Crippen LogP contribution in [0.4, 0.5) is 0 Å². The predicted molar refractivity (Wildman–Crippen MR) is 83.2 cm³/mol. The molecule has 21 heavy (non-hydrogen) atoms. The maximum Gasteiger partial charge on any atom is 0.222 e. The molecule has 2 aliphatic rings. The summed E-state index contributed by atoms with van der Waals surface area (Å²) in [7, 11) is 0. The van der Waals surface area contributed by atoms with Crippen molar-refractivity contribution in [2.75, 3.05) is 26.3 Å². The Morgan fingerprint density at radius 2 is 1.95 bits per heavy atom. The molecule has 3 rings (SSSR count). The van der Waals surface area contributed by atoms with Crippen molar-refractivity contribution in [2.45, 2.75) is 38.0 Å². The molecule has 0 radical (unpaired) electrons. The first-order chi connectivity index (χ1) is 10.2. The molecule has 0 aromatic heterocycles. The van der Waals surface area contributed by atoms with Crippen molar-refractivity contribution < 1.29 is 9.53 Å². The van der Waals surface area contributed by atoms with Gasteiger partial charge in [-0.25, -0.2) is 0 Å². The Morgan fingerprint density at radius 1 is 1.24 bits per heavy atom. The molecule has 0 unspecified atom stereocenters. The minimum atomic E-state index is 0.0976. The standard InChI is InChI=1S/C18H25NO2/c1-18(16-5-3-2-4-6-16)10-7-17(20)19(14-18)13-15-8-11-21-12-9-15/h2-6,15H,7-14H2,1H3/t18-/m1/s1. The lowest BCUT2D eigenvalue weighted by Crippen LogP contribution is -2.49. The number of rotatable bonds is 3. The van der Waals surface area contributed by atoms with Crippen molar-refractivity contribution >= 4 is 5.91 Å². The average Bonchev–Trinajstić information content (AvgIpc) is 2.53. The van der Waals surface area contributed by atoms with Gasteiger partial charge in [-0.3, -0.25) is 4.79 Å². The lowest BCUT2D eigenvalue weighted by Gasteiger charge is -2.42. The third kappa shape index (κ3) is 3.29. The van der Waals surface area contributed by atoms with Crippen LogP contribution in [-0.2, 0) is 14.9 Å². The highest BCUT2D eigenvalue weighted by Gasteiger charge is 2.36. The quantitative estimate of drug-likeness (QED) is 0.855. The summed E-state index contributed by atoms with van der Waals surface area (Å²) in [5.41, 5.74) is 1.45. The largest absolute Gasteiger partial charge is 0.381 e. The summed E-state index contributed by atoms with van der Waals surface area (Å²) in [6.07, 6.45) is 3.81. The van der Waals surface area contributed by atoms with E-state index >= 15 is 0 Å². The number of piperidine rings is 1. The highest BCUT2D eigenvalue weighted by Crippen LogP contribution is 2.34. The van der Waals surface area contributed by atoms with E-state index in [9.17, 15) is 4.79 Å². The predicted octanol–water partition coefficient (Wildman–Crippen LogP) is 2.99. The Balaban J connectivity index is 1.70. The maximum absolute atomic E-state index is 12.3. The zero-order valence-corrected chi connectivity index (χ0v) is 12.9. The number of benzene rings is 1. The summed E-state index contributed by atoms with van der Waals surface area (Å²) in [6, 6.07) is 10.6. The van der Waals surface area contributed by atoms with Gasteiger partial charge in [0.05, 0.1) is 0 Å². The van der Waals surface area contributed by atoms with Crippen molar-refractivity contribution in [2.24, 2.45) is 5.92 Å². The third-order valence-electron chi connectivity index (χ3n) is 5.07. The minimum Gasteiger partial charge on any atom is -0.381 e. The van der Waals surface area contributed by atoms with Gasteiger partial charge in [0.1, 0.15) is 0 Å². The van der Waals surface area contributed by atoms with Gasteiger partial charge >= 0.3 is 0 Å². The van der Waals surface area contributed by atoms with Gasteiger partial charge in [-0.05, 0) is 30.7 Å². The van der Waals surface area contributed by atoms with Crippen LogP contribution in [0.5, 0.6) is 0 Å². The molecule has 2 saturated heterocycles. The first-order valence-corrected chi connectivity index (χ1v) is 8.08. The molecular weight excluding hydrogens is 262 g/mol. The first kappa shape index (κ1) is 14.6. The molecule has 0 saturated carbocycles. The van der Waals surface area contributed by atoms with Gasteiger partial charge < -0.3 is 9.64 Å². The topological polar surface area (TPSA) is 29.5 Å². The summed E-state index contributed by atoms with van der Waals surface area (Å²) in [5, 5.41) is 0. The Morgan fingerprint density at radius 3 is 2.67 bits per heavy atom. The molecule has 3 heteroatoms. The number of carbonyl (C=O) groups is 1. The van der Waals surface area contributed by atoms with Gasteiger partial charge in [-0.1, -0.05) is 37.3 Å². The van der Waals surface area contributed by atoms with Gasteiger partial charge in [0.15, 0.2) is 0 Å². The molecule has 1 aromatic rings. The molecule has 0 spiro atoms. The van der Waals surface area contributed by atoms with Crippen LogP contribution in [0.3, 0.4) is 0 Å². The van der Waals surface area contributed by atoms with Gasteiger partial charge in [-0.15, -0.1) is 0 Å². The van der Waals surface area contributed by atoms with E-state index in [0.29, 0.717) is 18.2 Å². The monoisotopic (exact) mass is 287 g/mol. The summed E-state index contributed by atoms with van der Waals surface area (Å²) in [6.45, 7) is 5.76. The zero-order chi connectivity index (χ0) is 14.7. The van der Waals surface area contributed by atoms with E-state index in [4.69, 9.17) is 4.74 Å². The van der Waals surface area contributed by atoms with Crippen LogP contribution in [0.15, 0.2) is 30.3 Å². The van der Waals surface area contributed by atoms with Crippen molar-refractivity contribution in [3.8, 4) is 0 Å². The van der Waals surface area contributed by atoms with E-state index in [2.05, 4.69) is 42.2 Å². The fourth-order valence-electron chi connectivity index (χ4n) is 3.61. The number of likely N-dealkylation sites (tertiary alicyclic amines) is 1. The fraction of sp³-hybridized carbons (Fsp3) is 0.611. The Labute approximate surface area is 127 Å². The number of amides is 1. The van der Waals surface area contributed by atoms with Crippen molar-refractivity contribution in [3.05, 3.63) is 35.9 Å². The molecule has 114 valence electrons. The molecule has 0 N–H and O–H groups in total. The van der Waals surface area contributed by atoms with Gasteiger partial charge in [0, 0.05) is 38.1 Å². The number of carbonyl (C=O) groups excluding carboxylic acids is 1. The van der Waals surface area contributed by atoms with Crippen LogP contribution in [0.2, 0.25) is 0 Å². The molecule has 0 aliphatic carbocycles. The van der Waals surface area contributed by atoms with Crippen LogP contribution < -0.4 is 0 Å². The Bertz CT molecular complexity index is 481. The van der Waals surface area contributed by atoms with Crippen molar-refractivity contribution in [1.82, 2.24) is 4.90 Å². The fourth-order valence-corrected chi connectivity index (χ4v) is 3.61. The second-order valence-corrected chi connectivity index (χ2v) is 6.76. The van der Waals surface area contributed by atoms with Crippen LogP contribution in [0.25, 0.3) is 0 Å². The van der Waals surface area contributed by atoms with E-state index in [1.807, 2.05) is 0 Å². The Hall–Kier alpha value is -1.35. The molecule has 2 aliphatic heterocycles. The molecule has 2 fully saturated rings. The number of ether oxygens (including phenoxy) is 1. The van der Waals surface area contributed by atoms with E-state index in [-0.39, 0.29) is 5.41 Å². The third-order valence-corrected chi connectivity index (χ3v) is 5.07. The molecule has 0 bridgehead atoms. The van der Waals surface area contributed by atoms with Crippen LogP contribution in [-0.4, -0.2) is 37.1 Å². The van der Waals surface area contributed by atoms with Crippen LogP contribution in [0.1, 0.15) is 38.2 Å². The Kier molecular flexibility index (Phi) is 4.29. The number of hydrogen-bond donors (Lipinski definition) is 0. The van der Waals surface area contributed by atoms with Gasteiger partial charge in [-0.2, -0.15) is 0 Å². The van der Waals surface area contributed by atoms with Gasteiger partial charge in [0.2, 0.25) is 5.91 Å². The molecule has 3 nitrogen and oxygen atoms in total. The van der Waals surface area contributed by atoms with Crippen molar-refractivity contribution in [3.63, 3.8) is 0 Å². The highest BCUT2D eigenvalue weighted by atomic mass is 16.5. The van der Waals surface area contributed by atoms with Crippen LogP contribution in [0, 0.1) is 5.92 Å². The second-order valence-electron chi connectivity index (χ2n) is 6.76. The number of hydrogen-bond acceptors (Lipinski definition) is 2. The molecular formula is C18H25NO2. The first-order valence-electron chi connectivity index (χ1n) is 8.08. The van der Waals surface area contributed by atoms with Crippen LogP contribution >= 0.6 is 0 Å². The normalized spacial score (nSPS) is 27.9. The average molecular weight is 287 g/mol. The molecule has 1 aromatic carbocycles. The summed E-state index contributed by atoms with van der Waals surface area (Å²) >= 11 is 0.